The standard InChI is InChI=1S/C22H25N5O5S/c28-6-11-5-13(17(30)16(11)29)23-18-15(20-24-12-3-1-2-4-14(12)33-20)19(31)26-21(25-18)27-7-22(8-27)9-32-10-22/h1-4,11,13,15-17,28-30H,5-10H2,(H,23,25,26,31)/t11-,13-,15?,16-,17+/m1/s1. The van der Waals surface area contributed by atoms with Gasteiger partial charge in [-0.05, 0) is 18.6 Å². The summed E-state index contributed by atoms with van der Waals surface area (Å²) in [4.78, 5) is 29.3. The van der Waals surface area contributed by atoms with Gasteiger partial charge < -0.3 is 25.0 Å². The first-order valence-corrected chi connectivity index (χ1v) is 11.9. The molecule has 1 aromatic carbocycles. The van der Waals surface area contributed by atoms with Crippen LogP contribution in [-0.4, -0.2) is 94.1 Å². The van der Waals surface area contributed by atoms with Crippen LogP contribution < -0.4 is 5.32 Å². The molecule has 1 amide bonds. The number of nitrogens with one attached hydrogen (secondary N) is 1. The molecular formula is C22H25N5O5S. The minimum absolute atomic E-state index is 0.147. The summed E-state index contributed by atoms with van der Waals surface area (Å²) in [6.07, 6.45) is -1.89. The fourth-order valence-corrected chi connectivity index (χ4v) is 6.12. The van der Waals surface area contributed by atoms with Crippen molar-refractivity contribution in [2.45, 2.75) is 30.6 Å². The number of aliphatic hydroxyl groups is 3. The summed E-state index contributed by atoms with van der Waals surface area (Å²) in [5, 5.41) is 33.8. The van der Waals surface area contributed by atoms with E-state index in [1.54, 1.807) is 0 Å². The number of aliphatic hydroxyl groups excluding tert-OH is 3. The maximum absolute atomic E-state index is 13.3. The first-order chi connectivity index (χ1) is 16.0. The van der Waals surface area contributed by atoms with Crippen molar-refractivity contribution < 1.29 is 24.9 Å². The predicted molar refractivity (Wildman–Crippen MR) is 121 cm³/mol. The van der Waals surface area contributed by atoms with Gasteiger partial charge >= 0.3 is 0 Å². The molecule has 2 aromatic rings. The van der Waals surface area contributed by atoms with E-state index in [9.17, 15) is 20.1 Å². The summed E-state index contributed by atoms with van der Waals surface area (Å²) >= 11 is 1.41. The van der Waals surface area contributed by atoms with Gasteiger partial charge in [0.1, 0.15) is 22.9 Å². The van der Waals surface area contributed by atoms with Crippen LogP contribution in [0.5, 0.6) is 0 Å². The molecule has 4 N–H and O–H groups in total. The molecule has 6 rings (SSSR count). The lowest BCUT2D eigenvalue weighted by molar-refractivity contribution is -0.171. The van der Waals surface area contributed by atoms with Crippen molar-refractivity contribution in [3.8, 4) is 0 Å². The Morgan fingerprint density at radius 2 is 2.03 bits per heavy atom. The molecule has 1 aliphatic carbocycles. The molecule has 3 aliphatic heterocycles. The van der Waals surface area contributed by atoms with Gasteiger partial charge in [-0.3, -0.25) is 15.1 Å². The number of amidine groups is 1. The molecular weight excluding hydrogens is 446 g/mol. The molecule has 11 heteroatoms. The molecule has 174 valence electrons. The average Bonchev–Trinajstić information content (AvgIpc) is 3.27. The van der Waals surface area contributed by atoms with Crippen molar-refractivity contribution in [1.82, 2.24) is 15.2 Å². The monoisotopic (exact) mass is 471 g/mol. The second-order valence-electron chi connectivity index (χ2n) is 9.44. The molecule has 33 heavy (non-hydrogen) atoms. The van der Waals surface area contributed by atoms with Gasteiger partial charge in [-0.2, -0.15) is 4.99 Å². The van der Waals surface area contributed by atoms with Crippen LogP contribution in [0.25, 0.3) is 10.2 Å². The number of benzene rings is 1. The minimum Gasteiger partial charge on any atom is -0.396 e. The Morgan fingerprint density at radius 3 is 2.70 bits per heavy atom. The average molecular weight is 472 g/mol. The van der Waals surface area contributed by atoms with E-state index in [1.807, 2.05) is 29.2 Å². The topological polar surface area (TPSA) is 140 Å². The van der Waals surface area contributed by atoms with Crippen LogP contribution >= 0.6 is 11.3 Å². The van der Waals surface area contributed by atoms with Crippen molar-refractivity contribution in [2.75, 3.05) is 32.9 Å². The van der Waals surface area contributed by atoms with E-state index in [2.05, 4.69) is 15.3 Å². The predicted octanol–water partition coefficient (Wildman–Crippen LogP) is -0.301. The molecule has 1 aromatic heterocycles. The van der Waals surface area contributed by atoms with Gasteiger partial charge in [0.25, 0.3) is 0 Å². The smallest absolute Gasteiger partial charge is 0.244 e. The molecule has 4 heterocycles. The molecule has 4 aliphatic rings. The summed E-state index contributed by atoms with van der Waals surface area (Å²) in [6, 6.07) is 7.00. The number of hydrogen-bond acceptors (Lipinski definition) is 9. The zero-order valence-electron chi connectivity index (χ0n) is 17.8. The van der Waals surface area contributed by atoms with Crippen LogP contribution in [0.1, 0.15) is 17.3 Å². The van der Waals surface area contributed by atoms with Crippen molar-refractivity contribution in [1.29, 1.82) is 0 Å². The Balaban J connectivity index is 1.37. The van der Waals surface area contributed by atoms with Crippen LogP contribution in [0.3, 0.4) is 0 Å². The number of guanidine groups is 1. The number of thiazole rings is 1. The van der Waals surface area contributed by atoms with Crippen molar-refractivity contribution in [2.24, 2.45) is 21.3 Å². The van der Waals surface area contributed by atoms with Crippen LogP contribution in [-0.2, 0) is 9.53 Å². The maximum atomic E-state index is 13.3. The summed E-state index contributed by atoms with van der Waals surface area (Å²) in [7, 11) is 0. The van der Waals surface area contributed by atoms with Crippen molar-refractivity contribution >= 4 is 39.3 Å². The Hall–Kier alpha value is -2.44. The number of hydrogen-bond donors (Lipinski definition) is 4. The van der Waals surface area contributed by atoms with Gasteiger partial charge in [0.05, 0.1) is 41.0 Å². The van der Waals surface area contributed by atoms with E-state index in [-0.39, 0.29) is 23.8 Å². The molecule has 5 atom stereocenters. The van der Waals surface area contributed by atoms with Gasteiger partial charge in [-0.1, -0.05) is 12.1 Å². The number of likely N-dealkylation sites (tertiary alicyclic amines) is 1. The van der Waals surface area contributed by atoms with Gasteiger partial charge in [-0.25, -0.2) is 4.98 Å². The highest BCUT2D eigenvalue weighted by molar-refractivity contribution is 7.18. The second-order valence-corrected chi connectivity index (χ2v) is 10.5. The highest BCUT2D eigenvalue weighted by Gasteiger charge is 2.51. The Morgan fingerprint density at radius 1 is 1.24 bits per heavy atom. The number of amides is 1. The molecule has 1 spiro atoms. The lowest BCUT2D eigenvalue weighted by Crippen LogP contribution is -2.69. The number of fused-ring (bicyclic) bond motifs is 1. The Bertz CT molecular complexity index is 1120. The van der Waals surface area contributed by atoms with E-state index in [1.165, 1.54) is 11.3 Å². The highest BCUT2D eigenvalue weighted by Crippen LogP contribution is 2.39. The zero-order chi connectivity index (χ0) is 22.7. The minimum atomic E-state index is -1.13. The van der Waals surface area contributed by atoms with E-state index in [4.69, 9.17) is 9.73 Å². The molecule has 3 fully saturated rings. The Labute approximate surface area is 193 Å². The maximum Gasteiger partial charge on any atom is 0.244 e. The fourth-order valence-electron chi connectivity index (χ4n) is 5.05. The third-order valence-corrected chi connectivity index (χ3v) is 8.11. The van der Waals surface area contributed by atoms with Crippen LogP contribution in [0.2, 0.25) is 0 Å². The number of rotatable bonds is 3. The number of ether oxygens (including phenoxy) is 1. The lowest BCUT2D eigenvalue weighted by atomic mass is 9.78. The highest BCUT2D eigenvalue weighted by atomic mass is 32.1. The number of carbonyl (C=O) groups excluding carboxylic acids is 1. The van der Waals surface area contributed by atoms with E-state index < -0.39 is 30.1 Å². The van der Waals surface area contributed by atoms with Crippen LogP contribution in [0, 0.1) is 11.3 Å². The first-order valence-electron chi connectivity index (χ1n) is 11.1. The number of para-hydroxylation sites is 1. The number of carbonyl (C=O) groups is 1. The first kappa shape index (κ1) is 21.1. The molecule has 0 bridgehead atoms. The largest absolute Gasteiger partial charge is 0.396 e. The number of aliphatic imine (C=N–C) groups is 2. The summed E-state index contributed by atoms with van der Waals surface area (Å²) in [6.45, 7) is 2.70. The van der Waals surface area contributed by atoms with Crippen LogP contribution in [0.15, 0.2) is 34.3 Å². The van der Waals surface area contributed by atoms with Gasteiger partial charge in [-0.15, -0.1) is 11.3 Å². The third kappa shape index (κ3) is 3.46. The summed E-state index contributed by atoms with van der Waals surface area (Å²) in [5.41, 5.74) is 0.944. The van der Waals surface area contributed by atoms with Gasteiger partial charge in [0, 0.05) is 25.6 Å². The molecule has 2 saturated heterocycles. The van der Waals surface area contributed by atoms with Crippen molar-refractivity contribution in [3.05, 3.63) is 29.3 Å². The number of aromatic nitrogens is 1. The summed E-state index contributed by atoms with van der Waals surface area (Å²) < 4.78 is 6.30. The fraction of sp³-hybridized carbons (Fsp3) is 0.545. The van der Waals surface area contributed by atoms with Crippen molar-refractivity contribution in [3.63, 3.8) is 0 Å². The molecule has 0 radical (unpaired) electrons. The van der Waals surface area contributed by atoms with Crippen LogP contribution in [0.4, 0.5) is 0 Å². The molecule has 1 unspecified atom stereocenters. The van der Waals surface area contributed by atoms with Gasteiger partial charge in [0.15, 0.2) is 0 Å². The quantitative estimate of drug-likeness (QED) is 0.482. The SMILES string of the molecule is O=C1NC(N2CC3(COC3)C2)=NC(=N[C@@H]2C[C@H](CO)[C@@H](O)[C@H]2O)C1c1nc2ccccc2s1. The third-order valence-electron chi connectivity index (χ3n) is 7.01. The van der Waals surface area contributed by atoms with E-state index >= 15 is 0 Å². The van der Waals surface area contributed by atoms with Gasteiger partial charge in [0.2, 0.25) is 11.9 Å². The zero-order valence-corrected chi connectivity index (χ0v) is 18.6. The Kier molecular flexibility index (Phi) is 5.00. The lowest BCUT2D eigenvalue weighted by Gasteiger charge is -2.56. The number of nitrogens with zero attached hydrogens (tertiary/aromatic N) is 4. The molecule has 10 nitrogen and oxygen atoms in total. The van der Waals surface area contributed by atoms with E-state index in [0.717, 1.165) is 23.3 Å². The van der Waals surface area contributed by atoms with E-state index in [0.29, 0.717) is 30.6 Å². The summed E-state index contributed by atoms with van der Waals surface area (Å²) in [5.74, 6) is -0.833. The normalized spacial score (nSPS) is 34.3. The molecule has 1 saturated carbocycles. The second kappa shape index (κ2) is 7.81.